The van der Waals surface area contributed by atoms with Crippen LogP contribution >= 0.6 is 0 Å². The van der Waals surface area contributed by atoms with Crippen LogP contribution in [0.4, 0.5) is 11.4 Å². The molecule has 0 aliphatic heterocycles. The number of hydrogen-bond acceptors (Lipinski definition) is 5. The van der Waals surface area contributed by atoms with Gasteiger partial charge in [-0.15, -0.1) is 0 Å². The van der Waals surface area contributed by atoms with Gasteiger partial charge in [-0.05, 0) is 24.5 Å². The Bertz CT molecular complexity index is 612. The fourth-order valence-electron chi connectivity index (χ4n) is 2.20. The van der Waals surface area contributed by atoms with E-state index in [4.69, 9.17) is 0 Å². The van der Waals surface area contributed by atoms with E-state index in [1.54, 1.807) is 6.07 Å². The first-order chi connectivity index (χ1) is 8.84. The largest absolute Gasteiger partial charge is 0.376 e. The fraction of sp³-hybridized carbons (Fsp3) is 0.500. The van der Waals surface area contributed by atoms with Gasteiger partial charge < -0.3 is 5.32 Å². The van der Waals surface area contributed by atoms with Gasteiger partial charge in [-0.2, -0.15) is 0 Å². The molecule has 1 saturated carbocycles. The molecule has 0 saturated heterocycles. The molecule has 1 aliphatic carbocycles. The van der Waals surface area contributed by atoms with E-state index in [0.717, 1.165) is 19.1 Å². The molecule has 0 bridgehead atoms. The van der Waals surface area contributed by atoms with E-state index in [2.05, 4.69) is 12.2 Å². The van der Waals surface area contributed by atoms with Crippen molar-refractivity contribution in [3.63, 3.8) is 0 Å². The van der Waals surface area contributed by atoms with Crippen molar-refractivity contribution in [1.29, 1.82) is 0 Å². The molecule has 2 atom stereocenters. The van der Waals surface area contributed by atoms with Crippen LogP contribution in [-0.4, -0.2) is 25.6 Å². The van der Waals surface area contributed by atoms with E-state index in [1.165, 1.54) is 12.1 Å². The summed E-state index contributed by atoms with van der Waals surface area (Å²) in [5.41, 5.74) is -0.0689. The van der Waals surface area contributed by atoms with Gasteiger partial charge in [0.1, 0.15) is 10.6 Å². The Kier molecular flexibility index (Phi) is 3.49. The standard InChI is InChI=1S/C12H16N2O4S/c1-3-8-7-10(8)13-9-5-4-6-11(19(2,17)18)12(9)14(15)16/h4-6,8,10,13H,3,7H2,1-2H3. The summed E-state index contributed by atoms with van der Waals surface area (Å²) in [6.45, 7) is 2.06. The fourth-order valence-corrected chi connectivity index (χ4v) is 3.06. The van der Waals surface area contributed by atoms with E-state index in [9.17, 15) is 18.5 Å². The highest BCUT2D eigenvalue weighted by molar-refractivity contribution is 7.90. The molecule has 1 aromatic carbocycles. The van der Waals surface area contributed by atoms with Crippen molar-refractivity contribution >= 4 is 21.2 Å². The number of nitro groups is 1. The Morgan fingerprint density at radius 3 is 2.63 bits per heavy atom. The van der Waals surface area contributed by atoms with Crippen LogP contribution in [0.25, 0.3) is 0 Å². The van der Waals surface area contributed by atoms with Crippen LogP contribution in [0.15, 0.2) is 23.1 Å². The first kappa shape index (κ1) is 13.8. The smallest absolute Gasteiger partial charge is 0.310 e. The van der Waals surface area contributed by atoms with Gasteiger partial charge in [-0.25, -0.2) is 8.42 Å². The second-order valence-corrected chi connectivity index (χ2v) is 6.82. The maximum Gasteiger partial charge on any atom is 0.310 e. The predicted molar refractivity (Wildman–Crippen MR) is 72.0 cm³/mol. The molecule has 0 heterocycles. The van der Waals surface area contributed by atoms with E-state index in [-0.39, 0.29) is 22.3 Å². The number of rotatable bonds is 5. The minimum atomic E-state index is -3.62. The van der Waals surface area contributed by atoms with Crippen LogP contribution < -0.4 is 5.32 Å². The van der Waals surface area contributed by atoms with Crippen LogP contribution in [0.3, 0.4) is 0 Å². The lowest BCUT2D eigenvalue weighted by molar-refractivity contribution is -0.386. The summed E-state index contributed by atoms with van der Waals surface area (Å²) in [6.07, 6.45) is 2.96. The van der Waals surface area contributed by atoms with Gasteiger partial charge in [0.2, 0.25) is 0 Å². The molecule has 1 fully saturated rings. The van der Waals surface area contributed by atoms with Gasteiger partial charge in [0, 0.05) is 12.3 Å². The zero-order valence-electron chi connectivity index (χ0n) is 10.8. The van der Waals surface area contributed by atoms with Crippen molar-refractivity contribution in [2.45, 2.75) is 30.7 Å². The molecule has 19 heavy (non-hydrogen) atoms. The van der Waals surface area contributed by atoms with Crippen LogP contribution in [0.5, 0.6) is 0 Å². The summed E-state index contributed by atoms with van der Waals surface area (Å²) in [7, 11) is -3.62. The second kappa shape index (κ2) is 4.80. The normalized spacial score (nSPS) is 22.0. The molecular weight excluding hydrogens is 268 g/mol. The van der Waals surface area contributed by atoms with Crippen molar-refractivity contribution in [3.05, 3.63) is 28.3 Å². The van der Waals surface area contributed by atoms with Gasteiger partial charge in [-0.3, -0.25) is 10.1 Å². The van der Waals surface area contributed by atoms with Crippen LogP contribution in [-0.2, 0) is 9.84 Å². The maximum atomic E-state index is 11.6. The Labute approximate surface area is 111 Å². The van der Waals surface area contributed by atoms with E-state index >= 15 is 0 Å². The van der Waals surface area contributed by atoms with Gasteiger partial charge in [0.25, 0.3) is 0 Å². The van der Waals surface area contributed by atoms with Crippen molar-refractivity contribution in [1.82, 2.24) is 0 Å². The highest BCUT2D eigenvalue weighted by Gasteiger charge is 2.37. The van der Waals surface area contributed by atoms with E-state index in [1.807, 2.05) is 0 Å². The number of hydrogen-bond donors (Lipinski definition) is 1. The Morgan fingerprint density at radius 2 is 2.16 bits per heavy atom. The molecule has 6 nitrogen and oxygen atoms in total. The molecule has 1 aliphatic rings. The van der Waals surface area contributed by atoms with E-state index < -0.39 is 14.8 Å². The minimum absolute atomic E-state index is 0.207. The highest BCUT2D eigenvalue weighted by Crippen LogP contribution is 2.39. The lowest BCUT2D eigenvalue weighted by Crippen LogP contribution is -2.10. The topological polar surface area (TPSA) is 89.3 Å². The zero-order chi connectivity index (χ0) is 14.2. The first-order valence-corrected chi connectivity index (χ1v) is 7.97. The third kappa shape index (κ3) is 2.86. The molecule has 0 spiro atoms. The van der Waals surface area contributed by atoms with Gasteiger partial charge in [0.15, 0.2) is 9.84 Å². The van der Waals surface area contributed by atoms with E-state index in [0.29, 0.717) is 5.92 Å². The van der Waals surface area contributed by atoms with Crippen LogP contribution in [0.1, 0.15) is 19.8 Å². The molecule has 1 N–H and O–H groups in total. The third-order valence-corrected chi connectivity index (χ3v) is 4.50. The quantitative estimate of drug-likeness (QED) is 0.661. The average Bonchev–Trinajstić information content (AvgIpc) is 3.05. The summed E-state index contributed by atoms with van der Waals surface area (Å²) in [5.74, 6) is 0.515. The van der Waals surface area contributed by atoms with Crippen molar-refractivity contribution in [3.8, 4) is 0 Å². The van der Waals surface area contributed by atoms with Crippen LogP contribution in [0.2, 0.25) is 0 Å². The molecule has 0 amide bonds. The van der Waals surface area contributed by atoms with Gasteiger partial charge in [-0.1, -0.05) is 19.4 Å². The second-order valence-electron chi connectivity index (χ2n) is 4.84. The Hall–Kier alpha value is -1.63. The summed E-state index contributed by atoms with van der Waals surface area (Å²) in [6, 6.07) is 4.55. The van der Waals surface area contributed by atoms with Gasteiger partial charge in [0.05, 0.1) is 4.92 Å². The molecule has 2 rings (SSSR count). The van der Waals surface area contributed by atoms with Crippen molar-refractivity contribution < 1.29 is 13.3 Å². The molecule has 104 valence electrons. The Balaban J connectivity index is 2.41. The summed E-state index contributed by atoms with van der Waals surface area (Å²) in [4.78, 5) is 10.3. The third-order valence-electron chi connectivity index (χ3n) is 3.37. The maximum absolute atomic E-state index is 11.6. The van der Waals surface area contributed by atoms with Crippen molar-refractivity contribution in [2.75, 3.05) is 11.6 Å². The molecule has 0 aromatic heterocycles. The van der Waals surface area contributed by atoms with Crippen LogP contribution in [0, 0.1) is 16.0 Å². The molecule has 0 radical (unpaired) electrons. The lowest BCUT2D eigenvalue weighted by atomic mass is 10.2. The summed E-state index contributed by atoms with van der Waals surface area (Å²) in [5, 5.41) is 14.2. The zero-order valence-corrected chi connectivity index (χ0v) is 11.6. The number of anilines is 1. The van der Waals surface area contributed by atoms with Gasteiger partial charge >= 0.3 is 5.69 Å². The summed E-state index contributed by atoms with van der Waals surface area (Å²) >= 11 is 0. The SMILES string of the molecule is CCC1CC1Nc1cccc(S(C)(=O)=O)c1[N+](=O)[O-]. The minimum Gasteiger partial charge on any atom is -0.376 e. The predicted octanol–water partition coefficient (Wildman–Crippen LogP) is 2.21. The molecule has 2 unspecified atom stereocenters. The monoisotopic (exact) mass is 284 g/mol. The number of para-hydroxylation sites is 1. The molecular formula is C12H16N2O4S. The number of benzene rings is 1. The van der Waals surface area contributed by atoms with Crippen molar-refractivity contribution in [2.24, 2.45) is 5.92 Å². The molecule has 1 aromatic rings. The number of sulfone groups is 1. The Morgan fingerprint density at radius 1 is 1.47 bits per heavy atom. The number of nitrogens with zero attached hydrogens (tertiary/aromatic N) is 1. The number of nitrogens with one attached hydrogen (secondary N) is 1. The molecule has 7 heteroatoms. The average molecular weight is 284 g/mol. The lowest BCUT2D eigenvalue weighted by Gasteiger charge is -2.09. The number of nitro benzene ring substituents is 1. The highest BCUT2D eigenvalue weighted by atomic mass is 32.2. The first-order valence-electron chi connectivity index (χ1n) is 6.08. The summed E-state index contributed by atoms with van der Waals surface area (Å²) < 4.78 is 23.2.